The van der Waals surface area contributed by atoms with Crippen molar-refractivity contribution in [3.05, 3.63) is 0 Å². The van der Waals surface area contributed by atoms with Gasteiger partial charge in [0.2, 0.25) is 0 Å². The maximum Gasteiger partial charge on any atom is 2.00 e. The van der Waals surface area contributed by atoms with E-state index < -0.39 is 24.0 Å². The fourth-order valence-corrected chi connectivity index (χ4v) is 0.460. The van der Waals surface area contributed by atoms with Crippen LogP contribution in [-0.2, 0) is 19.2 Å². The van der Waals surface area contributed by atoms with Gasteiger partial charge in [-0.3, -0.25) is 9.59 Å². The molecule has 0 aromatic rings. The van der Waals surface area contributed by atoms with Crippen LogP contribution < -0.4 is 11.5 Å². The minimum atomic E-state index is -1.08. The number of nitrogens with two attached hydrogens (primary N) is 2. The van der Waals surface area contributed by atoms with Gasteiger partial charge in [0.05, 0.1) is 0 Å². The van der Waals surface area contributed by atoms with Gasteiger partial charge >= 0.3 is 35.0 Å². The molecule has 0 spiro atoms. The van der Waals surface area contributed by atoms with Crippen LogP contribution in [0.2, 0.25) is 0 Å². The fraction of sp³-hybridized carbons (Fsp3) is 0.500. The van der Waals surface area contributed by atoms with Crippen molar-refractivity contribution in [1.29, 1.82) is 0 Å². The van der Waals surface area contributed by atoms with E-state index in [-0.39, 0.29) is 35.9 Å². The largest absolute Gasteiger partial charge is 2.00 e. The summed E-state index contributed by atoms with van der Waals surface area (Å²) in [5.74, 6) is -2.17. The Bertz CT molecular complexity index is 234. The Labute approximate surface area is 113 Å². The summed E-state index contributed by atoms with van der Waals surface area (Å²) >= 11 is 0. The first-order chi connectivity index (χ1) is 7.33. The molecule has 0 aromatic heterocycles. The molecule has 0 amide bonds. The SMILES string of the molecule is N[C@@H]([C-]=O)CC(=O)O.N[C@@H]([C-]=O)CC(=O)O.[Mg+2]. The van der Waals surface area contributed by atoms with Crippen molar-refractivity contribution in [2.24, 2.45) is 11.5 Å². The Kier molecular flexibility index (Phi) is 16.3. The standard InChI is InChI=1S/2C4H6NO3.Mg/c2*5-3(2-6)1-4(7)8;/h2*3H,1,5H2,(H,7,8);/q2*-1;+2/t2*3-;/m11./s1. The van der Waals surface area contributed by atoms with Crippen LogP contribution in [0.5, 0.6) is 0 Å². The van der Waals surface area contributed by atoms with Gasteiger partial charge in [-0.2, -0.15) is 0 Å². The van der Waals surface area contributed by atoms with Crippen LogP contribution in [0.1, 0.15) is 12.8 Å². The van der Waals surface area contributed by atoms with E-state index in [1.165, 1.54) is 12.6 Å². The summed E-state index contributed by atoms with van der Waals surface area (Å²) in [6.07, 6.45) is 2.00. The quantitative estimate of drug-likeness (QED) is 0.297. The maximum atomic E-state index is 9.71. The second kappa shape index (κ2) is 13.0. The molecule has 0 aromatic carbocycles. The van der Waals surface area contributed by atoms with Gasteiger partial charge < -0.3 is 31.3 Å². The summed E-state index contributed by atoms with van der Waals surface area (Å²) in [4.78, 5) is 38.5. The van der Waals surface area contributed by atoms with Crippen molar-refractivity contribution in [3.63, 3.8) is 0 Å². The van der Waals surface area contributed by atoms with Gasteiger partial charge in [-0.25, -0.2) is 12.6 Å². The Hall–Kier alpha value is -1.03. The minimum absolute atomic E-state index is 0. The van der Waals surface area contributed by atoms with E-state index in [9.17, 15) is 19.2 Å². The van der Waals surface area contributed by atoms with Gasteiger partial charge in [-0.1, -0.05) is 12.1 Å². The second-order valence-electron chi connectivity index (χ2n) is 2.64. The molecule has 0 aliphatic carbocycles. The molecular formula is C8H12MgN2O6. The predicted octanol–water partition coefficient (Wildman–Crippen LogP) is -2.58. The van der Waals surface area contributed by atoms with Crippen molar-refractivity contribution in [3.8, 4) is 0 Å². The monoisotopic (exact) mass is 256 g/mol. The molecule has 0 bridgehead atoms. The van der Waals surface area contributed by atoms with Crippen LogP contribution in [0, 0.1) is 0 Å². The summed E-state index contributed by atoms with van der Waals surface area (Å²) < 4.78 is 0. The van der Waals surface area contributed by atoms with Crippen LogP contribution >= 0.6 is 0 Å². The summed E-state index contributed by atoms with van der Waals surface area (Å²) in [5, 5.41) is 15.9. The zero-order chi connectivity index (χ0) is 13.1. The molecule has 9 heteroatoms. The molecule has 2 atom stereocenters. The number of hydrogen-bond donors (Lipinski definition) is 4. The Morgan fingerprint density at radius 3 is 1.24 bits per heavy atom. The van der Waals surface area contributed by atoms with E-state index >= 15 is 0 Å². The van der Waals surface area contributed by atoms with Gasteiger partial charge in [0.25, 0.3) is 0 Å². The Balaban J connectivity index is -0.000000218. The van der Waals surface area contributed by atoms with Gasteiger partial charge in [0, 0.05) is 12.8 Å². The van der Waals surface area contributed by atoms with Crippen LogP contribution in [0.25, 0.3) is 0 Å². The molecule has 0 saturated heterocycles. The molecule has 0 saturated carbocycles. The Morgan fingerprint density at radius 2 is 1.18 bits per heavy atom. The van der Waals surface area contributed by atoms with E-state index in [0.717, 1.165) is 0 Å². The average molecular weight is 256 g/mol. The topological polar surface area (TPSA) is 161 Å². The molecule has 0 radical (unpaired) electrons. The third-order valence-electron chi connectivity index (χ3n) is 1.09. The number of carbonyl (C=O) groups excluding carboxylic acids is 2. The van der Waals surface area contributed by atoms with E-state index in [0.29, 0.717) is 0 Å². The zero-order valence-corrected chi connectivity index (χ0v) is 10.4. The molecule has 0 heterocycles. The van der Waals surface area contributed by atoms with Crippen LogP contribution in [0.3, 0.4) is 0 Å². The van der Waals surface area contributed by atoms with Crippen molar-refractivity contribution < 1.29 is 29.4 Å². The number of carboxylic acids is 2. The zero-order valence-electron chi connectivity index (χ0n) is 8.96. The third kappa shape index (κ3) is 20.9. The van der Waals surface area contributed by atoms with Gasteiger partial charge in [-0.15, -0.1) is 0 Å². The predicted molar refractivity (Wildman–Crippen MR) is 57.6 cm³/mol. The minimum Gasteiger partial charge on any atom is -0.540 e. The van der Waals surface area contributed by atoms with Crippen LogP contribution in [0.4, 0.5) is 0 Å². The fourth-order valence-electron chi connectivity index (χ4n) is 0.460. The molecule has 8 nitrogen and oxygen atoms in total. The van der Waals surface area contributed by atoms with E-state index in [1.54, 1.807) is 0 Å². The molecular weight excluding hydrogens is 244 g/mol. The van der Waals surface area contributed by atoms with Gasteiger partial charge in [0.1, 0.15) is 0 Å². The number of carbonyl (C=O) groups is 2. The van der Waals surface area contributed by atoms with Crippen molar-refractivity contribution >= 4 is 47.6 Å². The average Bonchev–Trinajstić information content (AvgIpc) is 2.16. The maximum absolute atomic E-state index is 9.71. The molecule has 6 N–H and O–H groups in total. The number of aliphatic carboxylic acids is 2. The van der Waals surface area contributed by atoms with E-state index in [1.807, 2.05) is 0 Å². The number of hydrogen-bond acceptors (Lipinski definition) is 6. The third-order valence-corrected chi connectivity index (χ3v) is 1.09. The molecule has 0 aliphatic rings. The van der Waals surface area contributed by atoms with Crippen molar-refractivity contribution in [2.45, 2.75) is 24.9 Å². The Morgan fingerprint density at radius 1 is 0.941 bits per heavy atom. The second-order valence-corrected chi connectivity index (χ2v) is 2.64. The number of rotatable bonds is 6. The molecule has 0 aliphatic heterocycles. The van der Waals surface area contributed by atoms with Gasteiger partial charge in [-0.05, 0) is 0 Å². The molecule has 0 unspecified atom stereocenters. The van der Waals surface area contributed by atoms with Crippen molar-refractivity contribution in [2.75, 3.05) is 0 Å². The summed E-state index contributed by atoms with van der Waals surface area (Å²) in [6, 6.07) is -1.96. The van der Waals surface area contributed by atoms with Crippen LogP contribution in [0.15, 0.2) is 0 Å². The first kappa shape index (κ1) is 21.3. The summed E-state index contributed by atoms with van der Waals surface area (Å²) in [6.45, 7) is 0. The smallest absolute Gasteiger partial charge is 0.540 e. The summed E-state index contributed by atoms with van der Waals surface area (Å²) in [5.41, 5.74) is 9.74. The number of carboxylic acid groups (broad SMARTS) is 2. The first-order valence-corrected chi connectivity index (χ1v) is 4.03. The van der Waals surface area contributed by atoms with E-state index in [4.69, 9.17) is 21.7 Å². The molecule has 0 rings (SSSR count). The normalized spacial score (nSPS) is 11.9. The van der Waals surface area contributed by atoms with E-state index in [2.05, 4.69) is 0 Å². The van der Waals surface area contributed by atoms with Crippen LogP contribution in [-0.4, -0.2) is 69.9 Å². The molecule has 0 fully saturated rings. The first-order valence-electron chi connectivity index (χ1n) is 4.03. The van der Waals surface area contributed by atoms with Crippen molar-refractivity contribution in [1.82, 2.24) is 0 Å². The molecule has 17 heavy (non-hydrogen) atoms. The van der Waals surface area contributed by atoms with Gasteiger partial charge in [0.15, 0.2) is 0 Å². The summed E-state index contributed by atoms with van der Waals surface area (Å²) in [7, 11) is 0. The molecule has 92 valence electrons.